The lowest BCUT2D eigenvalue weighted by atomic mass is 10.1. The highest BCUT2D eigenvalue weighted by atomic mass is 16.4. The monoisotopic (exact) mass is 565 g/mol. The third-order valence-electron chi connectivity index (χ3n) is 6.26. The minimum absolute atomic E-state index is 0.0880. The number of carboxylic acid groups (broad SMARTS) is 3. The van der Waals surface area contributed by atoms with Crippen molar-refractivity contribution in [3.05, 3.63) is 59.2 Å². The van der Waals surface area contributed by atoms with Crippen molar-refractivity contribution in [1.82, 2.24) is 29.7 Å². The molecular weight excluding hydrogens is 542 g/mol. The molecule has 212 valence electrons. The average molecular weight is 565 g/mol. The molecule has 0 spiro atoms. The number of primary amides is 1. The number of imide groups is 3. The molecule has 0 aliphatic rings. The quantitative estimate of drug-likeness (QED) is 0.169. The molecule has 0 unspecified atom stereocenters. The molecule has 4 rings (SSSR count). The van der Waals surface area contributed by atoms with Crippen LogP contribution in [-0.2, 0) is 23.1 Å². The van der Waals surface area contributed by atoms with E-state index < -0.39 is 59.7 Å². The zero-order valence-corrected chi connectivity index (χ0v) is 21.3. The van der Waals surface area contributed by atoms with Crippen molar-refractivity contribution in [1.29, 1.82) is 0 Å². The number of imidazole rings is 2. The lowest BCUT2D eigenvalue weighted by molar-refractivity contribution is -0.139. The normalized spacial score (nSPS) is 11.7. The number of rotatable bonds is 9. The summed E-state index contributed by atoms with van der Waals surface area (Å²) in [6.07, 6.45) is -5.08. The SMILES string of the molecule is Cn1c(Cc2nc3ccc(C(N)=O)cc3[nH]2)nc2ccc(C(=O)N[C@@H](CCC(=O)N(C(=O)O)C(=O)O)C(=O)O)cc21. The lowest BCUT2D eigenvalue weighted by Gasteiger charge is -2.16. The van der Waals surface area contributed by atoms with Crippen molar-refractivity contribution in [3.63, 3.8) is 0 Å². The first kappa shape index (κ1) is 28.2. The number of nitrogens with zero attached hydrogens (tertiary/aromatic N) is 4. The lowest BCUT2D eigenvalue weighted by Crippen LogP contribution is -2.43. The molecule has 4 aromatic rings. The molecule has 0 fully saturated rings. The average Bonchev–Trinajstić information content (AvgIpc) is 3.44. The third-order valence-corrected chi connectivity index (χ3v) is 6.26. The van der Waals surface area contributed by atoms with E-state index in [1.807, 2.05) is 0 Å². The summed E-state index contributed by atoms with van der Waals surface area (Å²) in [5.74, 6) is -3.04. The molecule has 5 amide bonds. The molecule has 16 heteroatoms. The van der Waals surface area contributed by atoms with Gasteiger partial charge in [0.25, 0.3) is 5.91 Å². The standard InChI is InChI=1S/C25H23N7O9/c1-31-17-9-12(22(35)30-15(23(36)37)6-7-20(33)32(24(38)39)25(40)41)3-5-14(17)29-19(31)10-18-27-13-4-2-11(21(26)34)8-16(13)28-18/h2-5,8-9,15H,6-7,10H2,1H3,(H2,26,34)(H,27,28)(H,30,35)(H,36,37)(H,38,39)(H,40,41)/t15-/m0/s1. The smallest absolute Gasteiger partial charge is 0.423 e. The molecule has 0 saturated heterocycles. The second-order valence-electron chi connectivity index (χ2n) is 8.94. The van der Waals surface area contributed by atoms with E-state index in [0.717, 1.165) is 0 Å². The highest BCUT2D eigenvalue weighted by molar-refractivity contribution is 6.05. The summed E-state index contributed by atoms with van der Waals surface area (Å²) in [5, 5.41) is 29.4. The molecule has 0 aliphatic heterocycles. The topological polar surface area (TPSA) is 251 Å². The summed E-state index contributed by atoms with van der Waals surface area (Å²) in [7, 11) is 1.72. The van der Waals surface area contributed by atoms with E-state index >= 15 is 0 Å². The van der Waals surface area contributed by atoms with Crippen LogP contribution in [0.15, 0.2) is 36.4 Å². The number of carboxylic acids is 1. The largest absolute Gasteiger partial charge is 0.480 e. The zero-order valence-electron chi connectivity index (χ0n) is 21.3. The van der Waals surface area contributed by atoms with Crippen LogP contribution in [0.1, 0.15) is 45.2 Å². The van der Waals surface area contributed by atoms with E-state index in [9.17, 15) is 33.9 Å². The Labute approximate surface area is 229 Å². The van der Waals surface area contributed by atoms with Crippen molar-refractivity contribution >= 4 is 57.9 Å². The number of hydrogen-bond acceptors (Lipinski definition) is 8. The van der Waals surface area contributed by atoms with E-state index in [-0.39, 0.29) is 12.0 Å². The molecular formula is C25H23N7O9. The Hall–Kier alpha value is -5.80. The number of nitrogens with two attached hydrogens (primary N) is 1. The van der Waals surface area contributed by atoms with Crippen molar-refractivity contribution in [2.24, 2.45) is 12.8 Å². The molecule has 2 aromatic heterocycles. The van der Waals surface area contributed by atoms with Crippen molar-refractivity contribution in [3.8, 4) is 0 Å². The maximum Gasteiger partial charge on any atom is 0.423 e. The van der Waals surface area contributed by atoms with Gasteiger partial charge >= 0.3 is 18.2 Å². The summed E-state index contributed by atoms with van der Waals surface area (Å²) in [4.78, 5) is 81.5. The van der Waals surface area contributed by atoms with Gasteiger partial charge < -0.3 is 35.9 Å². The van der Waals surface area contributed by atoms with Crippen LogP contribution in [0, 0.1) is 0 Å². The number of fused-ring (bicyclic) bond motifs is 2. The van der Waals surface area contributed by atoms with Crippen molar-refractivity contribution in [2.75, 3.05) is 0 Å². The summed E-state index contributed by atoms with van der Waals surface area (Å²) in [6.45, 7) is 0. The number of benzene rings is 2. The Bertz CT molecular complexity index is 1730. The van der Waals surface area contributed by atoms with Crippen LogP contribution in [0.5, 0.6) is 0 Å². The van der Waals surface area contributed by atoms with Gasteiger partial charge in [-0.25, -0.2) is 24.4 Å². The summed E-state index contributed by atoms with van der Waals surface area (Å²) >= 11 is 0. The molecule has 0 aliphatic carbocycles. The first-order valence-electron chi connectivity index (χ1n) is 11.9. The predicted octanol–water partition coefficient (Wildman–Crippen LogP) is 1.29. The molecule has 7 N–H and O–H groups in total. The van der Waals surface area contributed by atoms with E-state index in [0.29, 0.717) is 39.3 Å². The second-order valence-corrected chi connectivity index (χ2v) is 8.94. The van der Waals surface area contributed by atoms with Gasteiger partial charge in [-0.1, -0.05) is 0 Å². The van der Waals surface area contributed by atoms with Crippen LogP contribution >= 0.6 is 0 Å². The molecule has 1 atom stereocenters. The van der Waals surface area contributed by atoms with Crippen LogP contribution in [0.4, 0.5) is 9.59 Å². The Balaban J connectivity index is 1.49. The van der Waals surface area contributed by atoms with Gasteiger partial charge in [0.1, 0.15) is 17.7 Å². The number of aliphatic carboxylic acids is 1. The maximum absolute atomic E-state index is 12.8. The number of amides is 5. The molecule has 0 bridgehead atoms. The Kier molecular flexibility index (Phi) is 7.66. The number of aromatic nitrogens is 4. The van der Waals surface area contributed by atoms with E-state index in [2.05, 4.69) is 20.3 Å². The van der Waals surface area contributed by atoms with Crippen LogP contribution in [0.25, 0.3) is 22.1 Å². The van der Waals surface area contributed by atoms with Gasteiger partial charge in [0.2, 0.25) is 11.8 Å². The Morgan fingerprint density at radius 2 is 1.63 bits per heavy atom. The fraction of sp³-hybridized carbons (Fsp3) is 0.200. The molecule has 2 heterocycles. The number of H-pyrrole nitrogens is 1. The number of aryl methyl sites for hydroxylation is 1. The van der Waals surface area contributed by atoms with Crippen molar-refractivity contribution < 1.29 is 44.1 Å². The molecule has 16 nitrogen and oxygen atoms in total. The zero-order chi connectivity index (χ0) is 30.0. The first-order chi connectivity index (χ1) is 19.3. The third kappa shape index (κ3) is 5.95. The predicted molar refractivity (Wildman–Crippen MR) is 139 cm³/mol. The number of aromatic amines is 1. The molecule has 0 saturated carbocycles. The van der Waals surface area contributed by atoms with Gasteiger partial charge in [0.05, 0.1) is 28.5 Å². The number of hydrogen-bond donors (Lipinski definition) is 6. The van der Waals surface area contributed by atoms with Crippen LogP contribution in [0.2, 0.25) is 0 Å². The molecule has 41 heavy (non-hydrogen) atoms. The van der Waals surface area contributed by atoms with Crippen LogP contribution in [0.3, 0.4) is 0 Å². The summed E-state index contributed by atoms with van der Waals surface area (Å²) < 4.78 is 1.73. The summed E-state index contributed by atoms with van der Waals surface area (Å²) in [5.41, 5.74) is 8.12. The van der Waals surface area contributed by atoms with E-state index in [1.165, 1.54) is 12.1 Å². The van der Waals surface area contributed by atoms with Gasteiger partial charge in [0, 0.05) is 24.6 Å². The highest BCUT2D eigenvalue weighted by Crippen LogP contribution is 2.20. The fourth-order valence-electron chi connectivity index (χ4n) is 4.16. The van der Waals surface area contributed by atoms with Crippen molar-refractivity contribution in [2.45, 2.75) is 25.3 Å². The van der Waals surface area contributed by atoms with Gasteiger partial charge in [-0.3, -0.25) is 14.4 Å². The van der Waals surface area contributed by atoms with Gasteiger partial charge in [-0.05, 0) is 42.8 Å². The Morgan fingerprint density at radius 3 is 2.27 bits per heavy atom. The van der Waals surface area contributed by atoms with E-state index in [4.69, 9.17) is 15.9 Å². The minimum atomic E-state index is -2.03. The molecule has 0 radical (unpaired) electrons. The fourth-order valence-corrected chi connectivity index (χ4v) is 4.16. The number of carbonyl (C=O) groups excluding carboxylic acids is 3. The number of carbonyl (C=O) groups is 6. The van der Waals surface area contributed by atoms with E-state index in [1.54, 1.807) is 35.9 Å². The Morgan fingerprint density at radius 1 is 0.976 bits per heavy atom. The van der Waals surface area contributed by atoms with Gasteiger partial charge in [-0.15, -0.1) is 4.90 Å². The molecule has 2 aromatic carbocycles. The number of nitrogens with one attached hydrogen (secondary N) is 2. The minimum Gasteiger partial charge on any atom is -0.480 e. The van der Waals surface area contributed by atoms with Crippen LogP contribution < -0.4 is 11.1 Å². The van der Waals surface area contributed by atoms with Gasteiger partial charge in [0.15, 0.2) is 0 Å². The summed E-state index contributed by atoms with van der Waals surface area (Å²) in [6, 6.07) is 7.75. The maximum atomic E-state index is 12.8. The van der Waals surface area contributed by atoms with Crippen LogP contribution in [-0.4, -0.2) is 81.7 Å². The highest BCUT2D eigenvalue weighted by Gasteiger charge is 2.30. The van der Waals surface area contributed by atoms with Gasteiger partial charge in [-0.2, -0.15) is 0 Å². The first-order valence-corrected chi connectivity index (χ1v) is 11.9. The second kappa shape index (κ2) is 11.1.